The highest BCUT2D eigenvalue weighted by Gasteiger charge is 2.09. The van der Waals surface area contributed by atoms with Gasteiger partial charge in [-0.25, -0.2) is 0 Å². The molecule has 0 radical (unpaired) electrons. The molecule has 0 aliphatic carbocycles. The summed E-state index contributed by atoms with van der Waals surface area (Å²) in [5.41, 5.74) is -0.232. The lowest BCUT2D eigenvalue weighted by Crippen LogP contribution is -2.22. The highest BCUT2D eigenvalue weighted by atomic mass is 16.6. The second-order valence-electron chi connectivity index (χ2n) is 7.98. The van der Waals surface area contributed by atoms with E-state index >= 15 is 0 Å². The molecule has 0 aromatic carbocycles. The van der Waals surface area contributed by atoms with E-state index in [-0.39, 0.29) is 11.2 Å². The number of ether oxygens (including phenoxy) is 7. The van der Waals surface area contributed by atoms with Gasteiger partial charge in [0.1, 0.15) is 0 Å². The van der Waals surface area contributed by atoms with E-state index in [0.29, 0.717) is 79.3 Å². The van der Waals surface area contributed by atoms with Gasteiger partial charge in [0.15, 0.2) is 0 Å². The molecule has 0 atom stereocenters. The van der Waals surface area contributed by atoms with Crippen molar-refractivity contribution in [3.05, 3.63) is 0 Å². The molecule has 0 spiro atoms. The Bertz CT molecular complexity index is 280. The molecule has 164 valence electrons. The quantitative estimate of drug-likeness (QED) is 0.331. The van der Waals surface area contributed by atoms with Gasteiger partial charge < -0.3 is 33.2 Å². The van der Waals surface area contributed by atoms with Gasteiger partial charge in [0.25, 0.3) is 0 Å². The SMILES string of the molecule is CC(C)(C)OCCOCCOCCOCCOCCOCCOC(C)(C)C. The Kier molecular flexibility index (Phi) is 16.5. The third kappa shape index (κ3) is 25.7. The molecule has 7 nitrogen and oxygen atoms in total. The van der Waals surface area contributed by atoms with Gasteiger partial charge in [-0.15, -0.1) is 0 Å². The van der Waals surface area contributed by atoms with Crippen molar-refractivity contribution in [3.63, 3.8) is 0 Å². The molecule has 0 saturated carbocycles. The maximum absolute atomic E-state index is 5.55. The molecule has 0 aliphatic rings. The molecule has 0 heterocycles. The van der Waals surface area contributed by atoms with Crippen LogP contribution >= 0.6 is 0 Å². The smallest absolute Gasteiger partial charge is 0.0707 e. The Labute approximate surface area is 165 Å². The van der Waals surface area contributed by atoms with Crippen LogP contribution in [0, 0.1) is 0 Å². The van der Waals surface area contributed by atoms with Gasteiger partial charge in [0.2, 0.25) is 0 Å². The highest BCUT2D eigenvalue weighted by Crippen LogP contribution is 2.06. The minimum Gasteiger partial charge on any atom is -0.377 e. The summed E-state index contributed by atoms with van der Waals surface area (Å²) in [7, 11) is 0. The summed E-state index contributed by atoms with van der Waals surface area (Å²) in [6.07, 6.45) is 0. The van der Waals surface area contributed by atoms with Crippen molar-refractivity contribution < 1.29 is 33.2 Å². The van der Waals surface area contributed by atoms with Gasteiger partial charge in [-0.2, -0.15) is 0 Å². The molecular weight excluding hydrogens is 352 g/mol. The Balaban J connectivity index is 3.07. The fraction of sp³-hybridized carbons (Fsp3) is 1.00. The second-order valence-corrected chi connectivity index (χ2v) is 7.98. The fourth-order valence-electron chi connectivity index (χ4n) is 1.80. The summed E-state index contributed by atoms with van der Waals surface area (Å²) in [5, 5.41) is 0. The minimum absolute atomic E-state index is 0.116. The van der Waals surface area contributed by atoms with Crippen molar-refractivity contribution in [2.45, 2.75) is 52.7 Å². The Morgan fingerprint density at radius 1 is 0.333 bits per heavy atom. The maximum atomic E-state index is 5.55. The molecule has 0 bridgehead atoms. The molecule has 0 N–H and O–H groups in total. The summed E-state index contributed by atoms with van der Waals surface area (Å²) in [4.78, 5) is 0. The summed E-state index contributed by atoms with van der Waals surface area (Å²) in [5.74, 6) is 0. The first-order chi connectivity index (χ1) is 12.7. The molecule has 27 heavy (non-hydrogen) atoms. The van der Waals surface area contributed by atoms with Crippen LogP contribution in [-0.4, -0.2) is 90.5 Å². The van der Waals surface area contributed by atoms with Gasteiger partial charge in [-0.3, -0.25) is 0 Å². The van der Waals surface area contributed by atoms with Crippen LogP contribution in [0.4, 0.5) is 0 Å². The van der Waals surface area contributed by atoms with Crippen LogP contribution in [0.15, 0.2) is 0 Å². The first kappa shape index (κ1) is 26.7. The van der Waals surface area contributed by atoms with E-state index in [2.05, 4.69) is 0 Å². The van der Waals surface area contributed by atoms with Crippen LogP contribution in [0.25, 0.3) is 0 Å². The third-order valence-electron chi connectivity index (χ3n) is 3.01. The lowest BCUT2D eigenvalue weighted by molar-refractivity contribution is -0.0495. The Hall–Kier alpha value is -0.280. The molecule has 0 aliphatic heterocycles. The van der Waals surface area contributed by atoms with E-state index in [1.807, 2.05) is 41.5 Å². The maximum Gasteiger partial charge on any atom is 0.0707 e. The summed E-state index contributed by atoms with van der Waals surface area (Å²) in [6.45, 7) is 19.0. The number of hydrogen-bond donors (Lipinski definition) is 0. The lowest BCUT2D eigenvalue weighted by Gasteiger charge is -2.19. The molecule has 0 aromatic heterocycles. The molecule has 0 rings (SSSR count). The van der Waals surface area contributed by atoms with E-state index in [1.165, 1.54) is 0 Å². The Morgan fingerprint density at radius 3 is 0.704 bits per heavy atom. The third-order valence-corrected chi connectivity index (χ3v) is 3.01. The van der Waals surface area contributed by atoms with Crippen LogP contribution in [0.2, 0.25) is 0 Å². The average molecular weight is 395 g/mol. The topological polar surface area (TPSA) is 64.6 Å². The molecule has 0 fully saturated rings. The predicted molar refractivity (Wildman–Crippen MR) is 106 cm³/mol. The first-order valence-electron chi connectivity index (χ1n) is 9.87. The summed E-state index contributed by atoms with van der Waals surface area (Å²) < 4.78 is 38.2. The second kappa shape index (κ2) is 16.7. The van der Waals surface area contributed by atoms with Crippen LogP contribution in [0.1, 0.15) is 41.5 Å². The normalized spacial score (nSPS) is 12.7. The standard InChI is InChI=1S/C20H42O7/c1-19(2,3)26-17-15-24-13-11-22-9-7-21-8-10-23-12-14-25-16-18-27-20(4,5)6/h7-18H2,1-6H3. The molecule has 0 saturated heterocycles. The Morgan fingerprint density at radius 2 is 0.519 bits per heavy atom. The van der Waals surface area contributed by atoms with Crippen molar-refractivity contribution >= 4 is 0 Å². The molecule has 0 amide bonds. The largest absolute Gasteiger partial charge is 0.377 e. The summed E-state index contributed by atoms with van der Waals surface area (Å²) >= 11 is 0. The fourth-order valence-corrected chi connectivity index (χ4v) is 1.80. The molecule has 0 aromatic rings. The van der Waals surface area contributed by atoms with Gasteiger partial charge in [0, 0.05) is 0 Å². The van der Waals surface area contributed by atoms with Crippen molar-refractivity contribution in [1.29, 1.82) is 0 Å². The van der Waals surface area contributed by atoms with E-state index in [0.717, 1.165) is 0 Å². The van der Waals surface area contributed by atoms with Crippen LogP contribution in [0.5, 0.6) is 0 Å². The van der Waals surface area contributed by atoms with Crippen molar-refractivity contribution in [1.82, 2.24) is 0 Å². The van der Waals surface area contributed by atoms with Gasteiger partial charge in [0.05, 0.1) is 90.5 Å². The number of hydrogen-bond acceptors (Lipinski definition) is 7. The van der Waals surface area contributed by atoms with Crippen molar-refractivity contribution in [2.24, 2.45) is 0 Å². The monoisotopic (exact) mass is 394 g/mol. The zero-order chi connectivity index (χ0) is 20.4. The zero-order valence-electron chi connectivity index (χ0n) is 18.3. The molecular formula is C20H42O7. The first-order valence-corrected chi connectivity index (χ1v) is 9.87. The predicted octanol–water partition coefficient (Wildman–Crippen LogP) is 2.70. The van der Waals surface area contributed by atoms with Gasteiger partial charge >= 0.3 is 0 Å². The minimum atomic E-state index is -0.116. The zero-order valence-corrected chi connectivity index (χ0v) is 18.3. The van der Waals surface area contributed by atoms with E-state index in [4.69, 9.17) is 33.2 Å². The van der Waals surface area contributed by atoms with Crippen molar-refractivity contribution in [3.8, 4) is 0 Å². The van der Waals surface area contributed by atoms with Gasteiger partial charge in [-0.1, -0.05) is 0 Å². The molecule has 0 unspecified atom stereocenters. The highest BCUT2D eigenvalue weighted by molar-refractivity contribution is 4.58. The van der Waals surface area contributed by atoms with Gasteiger partial charge in [-0.05, 0) is 41.5 Å². The van der Waals surface area contributed by atoms with E-state index in [1.54, 1.807) is 0 Å². The van der Waals surface area contributed by atoms with Crippen LogP contribution in [-0.2, 0) is 33.2 Å². The van der Waals surface area contributed by atoms with Crippen LogP contribution < -0.4 is 0 Å². The lowest BCUT2D eigenvalue weighted by atomic mass is 10.2. The number of rotatable bonds is 18. The molecule has 7 heteroatoms. The summed E-state index contributed by atoms with van der Waals surface area (Å²) in [6, 6.07) is 0. The van der Waals surface area contributed by atoms with Crippen molar-refractivity contribution in [2.75, 3.05) is 79.3 Å². The van der Waals surface area contributed by atoms with E-state index in [9.17, 15) is 0 Å². The average Bonchev–Trinajstić information content (AvgIpc) is 2.55. The van der Waals surface area contributed by atoms with Crippen LogP contribution in [0.3, 0.4) is 0 Å². The van der Waals surface area contributed by atoms with E-state index < -0.39 is 0 Å².